The molecule has 0 amide bonds. The summed E-state index contributed by atoms with van der Waals surface area (Å²) in [6, 6.07) is 13.4. The van der Waals surface area contributed by atoms with Crippen LogP contribution in [0.3, 0.4) is 0 Å². The molecular formula is C27H23F2N2O2Si. The van der Waals surface area contributed by atoms with Gasteiger partial charge < -0.3 is 9.30 Å². The summed E-state index contributed by atoms with van der Waals surface area (Å²) in [5.74, 6) is -0.716. The molecular weight excluding hydrogens is 450 g/mol. The first kappa shape index (κ1) is 22.5. The van der Waals surface area contributed by atoms with Crippen LogP contribution in [0.5, 0.6) is 0 Å². The molecule has 1 saturated carbocycles. The molecule has 34 heavy (non-hydrogen) atoms. The summed E-state index contributed by atoms with van der Waals surface area (Å²) in [4.78, 5) is 17.7. The van der Waals surface area contributed by atoms with Gasteiger partial charge in [0, 0.05) is 45.2 Å². The molecule has 0 unspecified atom stereocenters. The summed E-state index contributed by atoms with van der Waals surface area (Å²) in [5.41, 5.74) is 4.00. The van der Waals surface area contributed by atoms with Gasteiger partial charge in [0.25, 0.3) is 0 Å². The SMILES string of the molecule is CCOC(=O)c1c(-c2cccnc2[Si])c2cc([C@H]3C[C@H]3C)ccc2n1Cc1ccc(F)cc1F. The second-order valence-corrected chi connectivity index (χ2v) is 9.24. The number of hydrogen-bond acceptors (Lipinski definition) is 3. The number of carbonyl (C=O) groups excluding carboxylic acids is 1. The normalized spacial score (nSPS) is 17.2. The highest BCUT2D eigenvalue weighted by molar-refractivity contribution is 6.35. The molecule has 0 spiro atoms. The van der Waals surface area contributed by atoms with Gasteiger partial charge in [0.2, 0.25) is 0 Å². The molecule has 2 atom stereocenters. The highest BCUT2D eigenvalue weighted by atomic mass is 28.1. The topological polar surface area (TPSA) is 44.1 Å². The highest BCUT2D eigenvalue weighted by Crippen LogP contribution is 2.48. The van der Waals surface area contributed by atoms with E-state index >= 15 is 0 Å². The summed E-state index contributed by atoms with van der Waals surface area (Å²) in [7, 11) is 3.59. The van der Waals surface area contributed by atoms with Crippen LogP contribution in [0.15, 0.2) is 54.7 Å². The van der Waals surface area contributed by atoms with Gasteiger partial charge in [-0.1, -0.05) is 25.1 Å². The van der Waals surface area contributed by atoms with Gasteiger partial charge >= 0.3 is 5.97 Å². The standard InChI is InChI=1S/C27H23F2N2O2Si/c1-3-33-27(32)25-24(19-5-4-10-30-26(19)34)21-12-16(20-11-15(20)2)7-9-23(21)31(25)14-17-6-8-18(28)13-22(17)29/h4-10,12-13,15,20H,3,11,14H2,1-2H3/t15-,20+/m1/s1. The van der Waals surface area contributed by atoms with E-state index in [1.807, 2.05) is 18.2 Å². The molecule has 1 fully saturated rings. The van der Waals surface area contributed by atoms with Crippen LogP contribution in [0, 0.1) is 17.6 Å². The van der Waals surface area contributed by atoms with Crippen molar-refractivity contribution < 1.29 is 18.3 Å². The zero-order valence-electron chi connectivity index (χ0n) is 18.9. The molecule has 1 aliphatic rings. The lowest BCUT2D eigenvalue weighted by Gasteiger charge is -2.13. The number of nitrogens with zero attached hydrogens (tertiary/aromatic N) is 2. The van der Waals surface area contributed by atoms with Gasteiger partial charge in [-0.25, -0.2) is 13.6 Å². The third kappa shape index (κ3) is 3.94. The van der Waals surface area contributed by atoms with E-state index in [4.69, 9.17) is 4.74 Å². The van der Waals surface area contributed by atoms with E-state index in [2.05, 4.69) is 34.3 Å². The van der Waals surface area contributed by atoms with Crippen LogP contribution in [0.4, 0.5) is 8.78 Å². The summed E-state index contributed by atoms with van der Waals surface area (Å²) in [6.45, 7) is 4.22. The monoisotopic (exact) mass is 473 g/mol. The van der Waals surface area contributed by atoms with Gasteiger partial charge in [-0.05, 0) is 55.0 Å². The first-order valence-electron chi connectivity index (χ1n) is 11.3. The number of ether oxygens (including phenoxy) is 1. The fraction of sp³-hybridized carbons (Fsp3) is 0.259. The van der Waals surface area contributed by atoms with Gasteiger partial charge in [-0.3, -0.25) is 4.98 Å². The molecule has 0 bridgehead atoms. The van der Waals surface area contributed by atoms with Crippen LogP contribution in [0.1, 0.15) is 47.8 Å². The Hall–Kier alpha value is -3.32. The van der Waals surface area contributed by atoms with Crippen LogP contribution >= 0.6 is 0 Å². The fourth-order valence-corrected chi connectivity index (χ4v) is 4.95. The van der Waals surface area contributed by atoms with Crippen LogP contribution in [-0.4, -0.2) is 32.4 Å². The summed E-state index contributed by atoms with van der Waals surface area (Å²) in [6.07, 6.45) is 2.80. The maximum absolute atomic E-state index is 14.6. The molecule has 7 heteroatoms. The minimum atomic E-state index is -0.663. The zero-order chi connectivity index (χ0) is 24.0. The zero-order valence-corrected chi connectivity index (χ0v) is 19.9. The molecule has 5 rings (SSSR count). The third-order valence-corrected chi connectivity index (χ3v) is 6.91. The van der Waals surface area contributed by atoms with Crippen molar-refractivity contribution in [3.63, 3.8) is 0 Å². The lowest BCUT2D eigenvalue weighted by atomic mass is 10.00. The predicted molar refractivity (Wildman–Crippen MR) is 128 cm³/mol. The number of esters is 1. The van der Waals surface area contributed by atoms with Gasteiger partial charge in [0.05, 0.1) is 13.2 Å². The first-order chi connectivity index (χ1) is 16.4. The molecule has 0 saturated heterocycles. The van der Waals surface area contributed by atoms with Gasteiger partial charge in [0.15, 0.2) is 0 Å². The smallest absolute Gasteiger partial charge is 0.355 e. The Balaban J connectivity index is 1.81. The molecule has 1 aliphatic carbocycles. The van der Waals surface area contributed by atoms with E-state index in [0.717, 1.165) is 29.0 Å². The maximum atomic E-state index is 14.6. The molecule has 4 nitrogen and oxygen atoms in total. The number of hydrogen-bond donors (Lipinski definition) is 0. The molecule has 4 aromatic rings. The van der Waals surface area contributed by atoms with Crippen molar-refractivity contribution in [3.05, 3.63) is 83.2 Å². The van der Waals surface area contributed by atoms with E-state index in [1.54, 1.807) is 17.7 Å². The number of halogens is 2. The maximum Gasteiger partial charge on any atom is 0.355 e. The van der Waals surface area contributed by atoms with Crippen LogP contribution in [0.2, 0.25) is 0 Å². The Labute approximate surface area is 200 Å². The molecule has 2 aromatic heterocycles. The van der Waals surface area contributed by atoms with Crippen molar-refractivity contribution in [2.45, 2.75) is 32.7 Å². The van der Waals surface area contributed by atoms with E-state index in [-0.39, 0.29) is 18.7 Å². The quantitative estimate of drug-likeness (QED) is 0.288. The molecule has 2 heterocycles. The number of pyridine rings is 1. The molecule has 2 aromatic carbocycles. The number of benzene rings is 2. The Morgan fingerprint density at radius 1 is 1.21 bits per heavy atom. The molecule has 3 radical (unpaired) electrons. The lowest BCUT2D eigenvalue weighted by Crippen LogP contribution is -2.17. The van der Waals surface area contributed by atoms with E-state index in [0.29, 0.717) is 28.4 Å². The predicted octanol–water partition coefficient (Wildman–Crippen LogP) is 5.12. The van der Waals surface area contributed by atoms with Crippen molar-refractivity contribution in [1.82, 2.24) is 9.55 Å². The summed E-state index contributed by atoms with van der Waals surface area (Å²) in [5, 5.41) is 1.46. The van der Waals surface area contributed by atoms with Crippen molar-refractivity contribution in [3.8, 4) is 11.1 Å². The number of rotatable bonds is 6. The minimum absolute atomic E-state index is 0.0489. The number of aromatic nitrogens is 2. The Morgan fingerprint density at radius 2 is 2.00 bits per heavy atom. The van der Waals surface area contributed by atoms with Gasteiger partial charge in [-0.15, -0.1) is 0 Å². The van der Waals surface area contributed by atoms with Crippen LogP contribution < -0.4 is 5.32 Å². The van der Waals surface area contributed by atoms with Crippen molar-refractivity contribution in [2.75, 3.05) is 6.61 Å². The van der Waals surface area contributed by atoms with E-state index in [1.165, 1.54) is 17.7 Å². The average Bonchev–Trinajstić information content (AvgIpc) is 3.46. The molecule has 0 N–H and O–H groups in total. The second-order valence-electron chi connectivity index (χ2n) is 8.76. The Morgan fingerprint density at radius 3 is 2.68 bits per heavy atom. The minimum Gasteiger partial charge on any atom is -0.461 e. The third-order valence-electron chi connectivity index (χ3n) is 6.51. The fourth-order valence-electron chi connectivity index (χ4n) is 4.67. The van der Waals surface area contributed by atoms with Crippen molar-refractivity contribution in [2.24, 2.45) is 5.92 Å². The largest absolute Gasteiger partial charge is 0.461 e. The van der Waals surface area contributed by atoms with Gasteiger partial charge in [0.1, 0.15) is 27.6 Å². The Bertz CT molecular complexity index is 1420. The lowest BCUT2D eigenvalue weighted by molar-refractivity contribution is 0.0516. The van der Waals surface area contributed by atoms with Crippen molar-refractivity contribution in [1.29, 1.82) is 0 Å². The summed E-state index contributed by atoms with van der Waals surface area (Å²) >= 11 is 0. The van der Waals surface area contributed by atoms with Crippen LogP contribution in [-0.2, 0) is 11.3 Å². The number of carbonyl (C=O) groups is 1. The summed E-state index contributed by atoms with van der Waals surface area (Å²) < 4.78 is 35.4. The average molecular weight is 474 g/mol. The second kappa shape index (κ2) is 8.80. The first-order valence-corrected chi connectivity index (χ1v) is 11.8. The van der Waals surface area contributed by atoms with Gasteiger partial charge in [-0.2, -0.15) is 0 Å². The highest BCUT2D eigenvalue weighted by Gasteiger charge is 2.35. The van der Waals surface area contributed by atoms with E-state index in [9.17, 15) is 13.6 Å². The number of fused-ring (bicyclic) bond motifs is 1. The van der Waals surface area contributed by atoms with E-state index < -0.39 is 17.6 Å². The van der Waals surface area contributed by atoms with Crippen LogP contribution in [0.25, 0.3) is 22.0 Å². The molecule has 171 valence electrons. The Kier molecular flexibility index (Phi) is 5.81. The van der Waals surface area contributed by atoms with Crippen molar-refractivity contribution >= 4 is 32.4 Å². The molecule has 0 aliphatic heterocycles.